The van der Waals surface area contributed by atoms with Crippen LogP contribution < -0.4 is 0 Å². The molecule has 2 aromatic heterocycles. The lowest BCUT2D eigenvalue weighted by Crippen LogP contribution is -2.01. The van der Waals surface area contributed by atoms with E-state index in [1.807, 2.05) is 0 Å². The Hall–Kier alpha value is -3.08. The van der Waals surface area contributed by atoms with Gasteiger partial charge < -0.3 is 9.13 Å². The first-order chi connectivity index (χ1) is 16.7. The molecule has 6 rings (SSSR count). The fraction of sp³-hybridized carbons (Fsp3) is 0.0667. The van der Waals surface area contributed by atoms with Crippen molar-refractivity contribution in [1.82, 2.24) is 9.13 Å². The molecule has 0 atom stereocenters. The van der Waals surface area contributed by atoms with Crippen LogP contribution in [0.3, 0.4) is 0 Å². The van der Waals surface area contributed by atoms with Crippen molar-refractivity contribution >= 4 is 53.7 Å². The molecule has 2 nitrogen and oxygen atoms in total. The Balaban J connectivity index is 1.58. The van der Waals surface area contributed by atoms with Gasteiger partial charge in [0.2, 0.25) is 0 Å². The Morgan fingerprint density at radius 1 is 0.588 bits per heavy atom. The number of benzene rings is 4. The summed E-state index contributed by atoms with van der Waals surface area (Å²) in [7, 11) is 0. The maximum atomic E-state index is 3.71. The summed E-state index contributed by atoms with van der Waals surface area (Å²) in [5.74, 6) is 0. The molecule has 0 unspecified atom stereocenters. The largest absolute Gasteiger partial charge is 0.342 e. The molecular formula is C30H22Br2N2. The van der Waals surface area contributed by atoms with Gasteiger partial charge in [-0.15, -0.1) is 0 Å². The van der Waals surface area contributed by atoms with Crippen LogP contribution in [0.25, 0.3) is 33.1 Å². The van der Waals surface area contributed by atoms with Gasteiger partial charge in [-0.1, -0.05) is 92.5 Å². The first-order valence-electron chi connectivity index (χ1n) is 11.3. The molecule has 0 fully saturated rings. The highest BCUT2D eigenvalue weighted by Crippen LogP contribution is 2.37. The fourth-order valence-electron chi connectivity index (χ4n) is 4.79. The maximum Gasteiger partial charge on any atom is 0.0516 e. The number of fused-ring (bicyclic) bond motifs is 2. The van der Waals surface area contributed by atoms with Crippen molar-refractivity contribution < 1.29 is 0 Å². The minimum atomic E-state index is 0.820. The summed E-state index contributed by atoms with van der Waals surface area (Å²) in [6, 6.07) is 36.8. The normalized spacial score (nSPS) is 11.5. The molecule has 34 heavy (non-hydrogen) atoms. The van der Waals surface area contributed by atoms with E-state index >= 15 is 0 Å². The van der Waals surface area contributed by atoms with Crippen molar-refractivity contribution in [1.29, 1.82) is 0 Å². The third kappa shape index (κ3) is 4.02. The predicted octanol–water partition coefficient (Wildman–Crippen LogP) is 8.88. The molecule has 0 saturated heterocycles. The van der Waals surface area contributed by atoms with Gasteiger partial charge in [0.05, 0.1) is 5.69 Å². The average Bonchev–Trinajstić information content (AvgIpc) is 3.37. The number of aromatic nitrogens is 2. The van der Waals surface area contributed by atoms with Crippen LogP contribution in [-0.2, 0) is 13.1 Å². The zero-order valence-electron chi connectivity index (χ0n) is 18.5. The zero-order chi connectivity index (χ0) is 23.1. The van der Waals surface area contributed by atoms with Crippen LogP contribution in [0.4, 0.5) is 0 Å². The Labute approximate surface area is 215 Å². The Morgan fingerprint density at radius 3 is 1.91 bits per heavy atom. The lowest BCUT2D eigenvalue weighted by Gasteiger charge is -2.11. The van der Waals surface area contributed by atoms with Crippen LogP contribution in [0, 0.1) is 0 Å². The fourth-order valence-corrected chi connectivity index (χ4v) is 5.53. The minimum Gasteiger partial charge on any atom is -0.342 e. The van der Waals surface area contributed by atoms with Gasteiger partial charge >= 0.3 is 0 Å². The van der Waals surface area contributed by atoms with Crippen molar-refractivity contribution in [3.05, 3.63) is 129 Å². The van der Waals surface area contributed by atoms with Gasteiger partial charge in [0.15, 0.2) is 0 Å². The summed E-state index contributed by atoms with van der Waals surface area (Å²) in [4.78, 5) is 0. The van der Waals surface area contributed by atoms with E-state index in [0.717, 1.165) is 22.0 Å². The Morgan fingerprint density at radius 2 is 1.21 bits per heavy atom. The van der Waals surface area contributed by atoms with Crippen molar-refractivity contribution in [2.45, 2.75) is 13.1 Å². The second-order valence-corrected chi connectivity index (χ2v) is 10.5. The summed E-state index contributed by atoms with van der Waals surface area (Å²) in [5.41, 5.74) is 7.53. The van der Waals surface area contributed by atoms with Crippen molar-refractivity contribution in [2.24, 2.45) is 0 Å². The SMILES string of the molecule is Brc1ccc2c(c1)cc(-c1cn(Cc3ccccc3)c3ccc(Br)cc13)n2Cc1ccccc1. The molecule has 0 saturated carbocycles. The van der Waals surface area contributed by atoms with Crippen molar-refractivity contribution in [3.8, 4) is 11.3 Å². The highest BCUT2D eigenvalue weighted by Gasteiger charge is 2.17. The van der Waals surface area contributed by atoms with Crippen LogP contribution in [-0.4, -0.2) is 9.13 Å². The molecule has 2 heterocycles. The van der Waals surface area contributed by atoms with Crippen LogP contribution in [0.1, 0.15) is 11.1 Å². The first kappa shape index (κ1) is 21.5. The van der Waals surface area contributed by atoms with Gasteiger partial charge in [-0.05, 0) is 53.6 Å². The van der Waals surface area contributed by atoms with E-state index in [9.17, 15) is 0 Å². The van der Waals surface area contributed by atoms with E-state index in [0.29, 0.717) is 0 Å². The molecule has 0 aliphatic rings. The van der Waals surface area contributed by atoms with Gasteiger partial charge in [0, 0.05) is 55.6 Å². The number of halogens is 2. The second-order valence-electron chi connectivity index (χ2n) is 8.62. The molecule has 6 aromatic rings. The minimum absolute atomic E-state index is 0.820. The Kier molecular flexibility index (Phi) is 5.64. The van der Waals surface area contributed by atoms with Crippen LogP contribution in [0.15, 0.2) is 118 Å². The van der Waals surface area contributed by atoms with E-state index in [1.165, 1.54) is 44.2 Å². The molecule has 4 aromatic carbocycles. The number of rotatable bonds is 5. The van der Waals surface area contributed by atoms with E-state index in [1.54, 1.807) is 0 Å². The average molecular weight is 570 g/mol. The third-order valence-corrected chi connectivity index (χ3v) is 7.35. The maximum absolute atomic E-state index is 3.71. The highest BCUT2D eigenvalue weighted by atomic mass is 79.9. The second kappa shape index (κ2) is 8.94. The molecule has 0 amide bonds. The molecule has 0 aliphatic carbocycles. The number of hydrogen-bond donors (Lipinski definition) is 0. The molecule has 0 N–H and O–H groups in total. The van der Waals surface area contributed by atoms with Gasteiger partial charge in [-0.3, -0.25) is 0 Å². The lowest BCUT2D eigenvalue weighted by molar-refractivity contribution is 0.829. The van der Waals surface area contributed by atoms with Gasteiger partial charge in [0.1, 0.15) is 0 Å². The Bertz CT molecular complexity index is 1610. The molecular weight excluding hydrogens is 548 g/mol. The van der Waals surface area contributed by atoms with Crippen molar-refractivity contribution in [2.75, 3.05) is 0 Å². The quantitative estimate of drug-likeness (QED) is 0.196. The first-order valence-corrected chi connectivity index (χ1v) is 12.9. The molecule has 0 spiro atoms. The number of nitrogens with zero attached hydrogens (tertiary/aromatic N) is 2. The molecule has 0 radical (unpaired) electrons. The van der Waals surface area contributed by atoms with Gasteiger partial charge in [0.25, 0.3) is 0 Å². The summed E-state index contributed by atoms with van der Waals surface area (Å²) < 4.78 is 7.00. The zero-order valence-corrected chi connectivity index (χ0v) is 21.6. The molecule has 0 bridgehead atoms. The van der Waals surface area contributed by atoms with E-state index in [-0.39, 0.29) is 0 Å². The van der Waals surface area contributed by atoms with Gasteiger partial charge in [-0.25, -0.2) is 0 Å². The number of hydrogen-bond acceptors (Lipinski definition) is 0. The van der Waals surface area contributed by atoms with Crippen LogP contribution in [0.2, 0.25) is 0 Å². The molecule has 166 valence electrons. The molecule has 0 aliphatic heterocycles. The molecule has 4 heteroatoms. The van der Waals surface area contributed by atoms with Crippen LogP contribution in [0.5, 0.6) is 0 Å². The highest BCUT2D eigenvalue weighted by molar-refractivity contribution is 9.10. The standard InChI is InChI=1S/C30H22Br2N2/c31-24-11-13-28-23(15-24)16-30(34(28)19-22-9-5-2-6-10-22)27-20-33(18-21-7-3-1-4-8-21)29-14-12-25(32)17-26(27)29/h1-17,20H,18-19H2. The lowest BCUT2D eigenvalue weighted by atomic mass is 10.1. The van der Waals surface area contributed by atoms with Crippen molar-refractivity contribution in [3.63, 3.8) is 0 Å². The van der Waals surface area contributed by atoms with Gasteiger partial charge in [-0.2, -0.15) is 0 Å². The third-order valence-electron chi connectivity index (χ3n) is 6.36. The summed E-state index contributed by atoms with van der Waals surface area (Å²) >= 11 is 7.37. The topological polar surface area (TPSA) is 9.86 Å². The van der Waals surface area contributed by atoms with E-state index in [4.69, 9.17) is 0 Å². The monoisotopic (exact) mass is 568 g/mol. The van der Waals surface area contributed by atoms with E-state index in [2.05, 4.69) is 150 Å². The summed E-state index contributed by atoms with van der Waals surface area (Å²) in [5, 5.41) is 2.49. The smallest absolute Gasteiger partial charge is 0.0516 e. The van der Waals surface area contributed by atoms with E-state index < -0.39 is 0 Å². The van der Waals surface area contributed by atoms with Crippen LogP contribution >= 0.6 is 31.9 Å². The summed E-state index contributed by atoms with van der Waals surface area (Å²) in [6.07, 6.45) is 2.31. The summed E-state index contributed by atoms with van der Waals surface area (Å²) in [6.45, 7) is 1.66. The predicted molar refractivity (Wildman–Crippen MR) is 149 cm³/mol.